The van der Waals surface area contributed by atoms with E-state index in [-0.39, 0.29) is 12.4 Å². The molecule has 0 atom stereocenters. The van der Waals surface area contributed by atoms with Crippen molar-refractivity contribution in [3.05, 3.63) is 35.1 Å². The van der Waals surface area contributed by atoms with Crippen LogP contribution in [0.25, 0.3) is 0 Å². The number of rotatable bonds is 7. The van der Waals surface area contributed by atoms with Crippen LogP contribution in [0.1, 0.15) is 37.8 Å². The van der Waals surface area contributed by atoms with Crippen LogP contribution in [0, 0.1) is 5.82 Å². The number of aliphatic hydroxyl groups excluding tert-OH is 1. The van der Waals surface area contributed by atoms with Gasteiger partial charge in [0.05, 0.1) is 13.2 Å². The molecule has 0 heterocycles. The number of nitrogens with zero attached hydrogens (tertiary/aromatic N) is 2. The van der Waals surface area contributed by atoms with Crippen LogP contribution in [0.4, 0.5) is 4.39 Å². The van der Waals surface area contributed by atoms with E-state index in [1.807, 2.05) is 14.0 Å². The molecule has 5 heteroatoms. The molecule has 0 aliphatic heterocycles. The lowest BCUT2D eigenvalue weighted by Gasteiger charge is -2.21. The van der Waals surface area contributed by atoms with Crippen molar-refractivity contribution < 1.29 is 9.50 Å². The van der Waals surface area contributed by atoms with Crippen LogP contribution < -0.4 is 5.32 Å². The van der Waals surface area contributed by atoms with Gasteiger partial charge in [0.25, 0.3) is 0 Å². The van der Waals surface area contributed by atoms with Gasteiger partial charge in [-0.05, 0) is 31.0 Å². The normalized spacial score (nSPS) is 11.6. The van der Waals surface area contributed by atoms with Crippen molar-refractivity contribution in [1.29, 1.82) is 0 Å². The molecule has 0 aliphatic carbocycles. The van der Waals surface area contributed by atoms with E-state index in [0.29, 0.717) is 12.1 Å². The number of hydrogen-bond donors (Lipinski definition) is 2. The van der Waals surface area contributed by atoms with Crippen molar-refractivity contribution in [2.24, 2.45) is 4.99 Å². The van der Waals surface area contributed by atoms with Gasteiger partial charge in [-0.3, -0.25) is 0 Å². The fourth-order valence-electron chi connectivity index (χ4n) is 1.98. The average Bonchev–Trinajstić information content (AvgIpc) is 2.50. The van der Waals surface area contributed by atoms with Gasteiger partial charge in [0, 0.05) is 25.7 Å². The largest absolute Gasteiger partial charge is 0.392 e. The van der Waals surface area contributed by atoms with E-state index in [9.17, 15) is 4.39 Å². The molecular weight excluding hydrogens is 269 g/mol. The van der Waals surface area contributed by atoms with Gasteiger partial charge in [-0.1, -0.05) is 19.4 Å². The third-order valence-corrected chi connectivity index (χ3v) is 3.24. The number of nitrogens with one attached hydrogen (secondary N) is 1. The lowest BCUT2D eigenvalue weighted by molar-refractivity contribution is 0.275. The molecule has 0 aliphatic rings. The summed E-state index contributed by atoms with van der Waals surface area (Å²) in [5.74, 6) is 0.470. The van der Waals surface area contributed by atoms with Crippen molar-refractivity contribution in [2.75, 3.05) is 20.1 Å². The topological polar surface area (TPSA) is 47.9 Å². The zero-order valence-corrected chi connectivity index (χ0v) is 13.2. The summed E-state index contributed by atoms with van der Waals surface area (Å²) in [4.78, 5) is 6.67. The summed E-state index contributed by atoms with van der Waals surface area (Å²) in [6.07, 6.45) is 2.26. The minimum Gasteiger partial charge on any atom is -0.392 e. The predicted molar refractivity (Wildman–Crippen MR) is 84.7 cm³/mol. The van der Waals surface area contributed by atoms with E-state index in [2.05, 4.69) is 22.1 Å². The van der Waals surface area contributed by atoms with Gasteiger partial charge in [0.2, 0.25) is 0 Å². The number of benzene rings is 1. The monoisotopic (exact) mass is 295 g/mol. The minimum atomic E-state index is -0.378. The Morgan fingerprint density at radius 2 is 2.14 bits per heavy atom. The number of aliphatic imine (C=N–C) groups is 1. The van der Waals surface area contributed by atoms with Crippen LogP contribution in [0.2, 0.25) is 0 Å². The molecule has 0 radical (unpaired) electrons. The van der Waals surface area contributed by atoms with Crippen molar-refractivity contribution >= 4 is 5.96 Å². The van der Waals surface area contributed by atoms with Gasteiger partial charge in [-0.15, -0.1) is 0 Å². The first-order valence-electron chi connectivity index (χ1n) is 7.50. The Kier molecular flexibility index (Phi) is 7.75. The smallest absolute Gasteiger partial charge is 0.193 e. The second-order valence-corrected chi connectivity index (χ2v) is 5.03. The number of halogens is 1. The van der Waals surface area contributed by atoms with E-state index in [1.54, 1.807) is 12.1 Å². The van der Waals surface area contributed by atoms with E-state index in [0.717, 1.165) is 37.5 Å². The molecular formula is C16H26FN3O. The molecule has 0 amide bonds. The van der Waals surface area contributed by atoms with E-state index in [4.69, 9.17) is 5.11 Å². The molecule has 2 N–H and O–H groups in total. The number of aliphatic hydroxyl groups is 1. The molecule has 0 saturated heterocycles. The highest BCUT2D eigenvalue weighted by Crippen LogP contribution is 2.11. The highest BCUT2D eigenvalue weighted by atomic mass is 19.1. The van der Waals surface area contributed by atoms with Crippen LogP contribution >= 0.6 is 0 Å². The van der Waals surface area contributed by atoms with Crippen LogP contribution in [0.5, 0.6) is 0 Å². The second-order valence-electron chi connectivity index (χ2n) is 5.03. The summed E-state index contributed by atoms with van der Waals surface area (Å²) in [6.45, 7) is 6.12. The molecule has 118 valence electrons. The fraction of sp³-hybridized carbons (Fsp3) is 0.562. The summed E-state index contributed by atoms with van der Waals surface area (Å²) < 4.78 is 13.3. The van der Waals surface area contributed by atoms with Crippen molar-refractivity contribution in [2.45, 2.75) is 39.8 Å². The zero-order chi connectivity index (χ0) is 15.7. The Hall–Kier alpha value is -1.62. The molecule has 1 aromatic carbocycles. The van der Waals surface area contributed by atoms with Gasteiger partial charge in [-0.2, -0.15) is 0 Å². The van der Waals surface area contributed by atoms with E-state index >= 15 is 0 Å². The number of unbranched alkanes of at least 4 members (excludes halogenated alkanes) is 1. The molecule has 0 fully saturated rings. The Morgan fingerprint density at radius 1 is 1.38 bits per heavy atom. The number of guanidine groups is 1. The third-order valence-electron chi connectivity index (χ3n) is 3.24. The summed E-state index contributed by atoms with van der Waals surface area (Å²) in [5, 5.41) is 12.3. The Labute approximate surface area is 126 Å². The maximum Gasteiger partial charge on any atom is 0.193 e. The summed E-state index contributed by atoms with van der Waals surface area (Å²) in [6, 6.07) is 4.74. The molecule has 0 saturated carbocycles. The highest BCUT2D eigenvalue weighted by Gasteiger charge is 2.06. The first kappa shape index (κ1) is 17.4. The standard InChI is InChI=1S/C16H26FN3O/c1-4-6-9-20(3)16(18-5-2)19-11-13-7-8-15(17)14(10-13)12-21/h7-8,10,21H,4-6,9,11-12H2,1-3H3,(H,18,19). The van der Waals surface area contributed by atoms with Gasteiger partial charge in [0.15, 0.2) is 5.96 Å². The summed E-state index contributed by atoms with van der Waals surface area (Å²) in [5.41, 5.74) is 1.20. The highest BCUT2D eigenvalue weighted by molar-refractivity contribution is 5.79. The predicted octanol–water partition coefficient (Wildman–Crippen LogP) is 2.52. The number of hydrogen-bond acceptors (Lipinski definition) is 2. The SMILES string of the molecule is CCCCN(C)C(=NCc1ccc(F)c(CO)c1)NCC. The fourth-order valence-corrected chi connectivity index (χ4v) is 1.98. The van der Waals surface area contributed by atoms with Crippen molar-refractivity contribution in [3.63, 3.8) is 0 Å². The van der Waals surface area contributed by atoms with Gasteiger partial charge in [-0.25, -0.2) is 9.38 Å². The zero-order valence-electron chi connectivity index (χ0n) is 13.2. The van der Waals surface area contributed by atoms with Gasteiger partial charge in [0.1, 0.15) is 5.82 Å². The lowest BCUT2D eigenvalue weighted by Crippen LogP contribution is -2.39. The molecule has 21 heavy (non-hydrogen) atoms. The Balaban J connectivity index is 2.77. The van der Waals surface area contributed by atoms with Gasteiger partial charge >= 0.3 is 0 Å². The van der Waals surface area contributed by atoms with Crippen molar-refractivity contribution in [3.8, 4) is 0 Å². The summed E-state index contributed by atoms with van der Waals surface area (Å²) in [7, 11) is 2.01. The Bertz CT molecular complexity index is 463. The van der Waals surface area contributed by atoms with Crippen LogP contribution in [0.15, 0.2) is 23.2 Å². The third kappa shape index (κ3) is 5.71. The molecule has 0 aromatic heterocycles. The average molecular weight is 295 g/mol. The van der Waals surface area contributed by atoms with Crippen LogP contribution in [-0.4, -0.2) is 36.1 Å². The van der Waals surface area contributed by atoms with Crippen LogP contribution in [0.3, 0.4) is 0 Å². The summed E-state index contributed by atoms with van der Waals surface area (Å²) >= 11 is 0. The molecule has 1 rings (SSSR count). The van der Waals surface area contributed by atoms with Gasteiger partial charge < -0.3 is 15.3 Å². The quantitative estimate of drug-likeness (QED) is 0.600. The maximum atomic E-state index is 13.3. The molecule has 0 spiro atoms. The maximum absolute atomic E-state index is 13.3. The Morgan fingerprint density at radius 3 is 2.76 bits per heavy atom. The van der Waals surface area contributed by atoms with Crippen LogP contribution in [-0.2, 0) is 13.2 Å². The molecule has 4 nitrogen and oxygen atoms in total. The first-order chi connectivity index (χ1) is 10.1. The molecule has 0 bridgehead atoms. The molecule has 0 unspecified atom stereocenters. The lowest BCUT2D eigenvalue weighted by atomic mass is 10.1. The van der Waals surface area contributed by atoms with Crippen molar-refractivity contribution in [1.82, 2.24) is 10.2 Å². The van der Waals surface area contributed by atoms with E-state index in [1.165, 1.54) is 6.07 Å². The molecule has 1 aromatic rings. The first-order valence-corrected chi connectivity index (χ1v) is 7.50. The minimum absolute atomic E-state index is 0.292. The second kappa shape index (κ2) is 9.34. The van der Waals surface area contributed by atoms with E-state index < -0.39 is 0 Å².